The SMILES string of the molecule is CN(CCO)C(=O)c1ccc(NC2CC2)c([N+](=O)[O-])c1. The van der Waals surface area contributed by atoms with Gasteiger partial charge in [-0.05, 0) is 25.0 Å². The molecule has 2 N–H and O–H groups in total. The predicted octanol–water partition coefficient (Wildman–Crippen LogP) is 1.23. The topological polar surface area (TPSA) is 95.7 Å². The Balaban J connectivity index is 2.24. The quantitative estimate of drug-likeness (QED) is 0.603. The molecule has 0 aromatic heterocycles. The van der Waals surface area contributed by atoms with E-state index < -0.39 is 4.92 Å². The van der Waals surface area contributed by atoms with Crippen LogP contribution in [0.1, 0.15) is 23.2 Å². The van der Waals surface area contributed by atoms with Crippen molar-refractivity contribution < 1.29 is 14.8 Å². The highest BCUT2D eigenvalue weighted by atomic mass is 16.6. The van der Waals surface area contributed by atoms with Crippen LogP contribution in [0.3, 0.4) is 0 Å². The molecule has 1 saturated carbocycles. The van der Waals surface area contributed by atoms with E-state index in [4.69, 9.17) is 5.11 Å². The summed E-state index contributed by atoms with van der Waals surface area (Å²) in [6.07, 6.45) is 2.02. The number of nitro benzene ring substituents is 1. The van der Waals surface area contributed by atoms with Gasteiger partial charge in [0.15, 0.2) is 0 Å². The third-order valence-corrected chi connectivity index (χ3v) is 3.16. The number of anilines is 1. The van der Waals surface area contributed by atoms with Gasteiger partial charge in [0.1, 0.15) is 5.69 Å². The lowest BCUT2D eigenvalue weighted by atomic mass is 10.1. The fourth-order valence-corrected chi connectivity index (χ4v) is 1.86. The number of nitrogens with zero attached hydrogens (tertiary/aromatic N) is 2. The van der Waals surface area contributed by atoms with E-state index in [2.05, 4.69) is 5.32 Å². The maximum atomic E-state index is 12.0. The van der Waals surface area contributed by atoms with E-state index in [1.807, 2.05) is 0 Å². The summed E-state index contributed by atoms with van der Waals surface area (Å²) in [7, 11) is 1.54. The molecular formula is C13H17N3O4. The van der Waals surface area contributed by atoms with Gasteiger partial charge in [-0.1, -0.05) is 0 Å². The number of carbonyl (C=O) groups excluding carboxylic acids is 1. The molecule has 1 aliphatic carbocycles. The van der Waals surface area contributed by atoms with Gasteiger partial charge in [-0.25, -0.2) is 0 Å². The number of hydrogen-bond donors (Lipinski definition) is 2. The molecule has 0 unspecified atom stereocenters. The summed E-state index contributed by atoms with van der Waals surface area (Å²) in [5, 5.41) is 23.0. The zero-order valence-corrected chi connectivity index (χ0v) is 11.2. The summed E-state index contributed by atoms with van der Waals surface area (Å²) in [6.45, 7) is 0.0420. The van der Waals surface area contributed by atoms with Gasteiger partial charge in [-0.3, -0.25) is 14.9 Å². The van der Waals surface area contributed by atoms with Crippen molar-refractivity contribution in [1.29, 1.82) is 0 Å². The van der Waals surface area contributed by atoms with Gasteiger partial charge < -0.3 is 15.3 Å². The van der Waals surface area contributed by atoms with Crippen molar-refractivity contribution in [2.75, 3.05) is 25.5 Å². The number of likely N-dealkylation sites (N-methyl/N-ethyl adjacent to an activating group) is 1. The van der Waals surface area contributed by atoms with Gasteiger partial charge in [0.05, 0.1) is 11.5 Å². The van der Waals surface area contributed by atoms with E-state index in [1.165, 1.54) is 11.0 Å². The highest BCUT2D eigenvalue weighted by molar-refractivity contribution is 5.95. The van der Waals surface area contributed by atoms with Gasteiger partial charge in [0, 0.05) is 31.3 Å². The van der Waals surface area contributed by atoms with Crippen molar-refractivity contribution in [2.45, 2.75) is 18.9 Å². The second kappa shape index (κ2) is 5.87. The van der Waals surface area contributed by atoms with Crippen molar-refractivity contribution >= 4 is 17.3 Å². The molecule has 0 saturated heterocycles. The number of aliphatic hydroxyl groups excluding tert-OH is 1. The van der Waals surface area contributed by atoms with Crippen LogP contribution in [0.2, 0.25) is 0 Å². The van der Waals surface area contributed by atoms with Gasteiger partial charge in [-0.2, -0.15) is 0 Å². The number of aliphatic hydroxyl groups is 1. The Bertz CT molecular complexity index is 528. The van der Waals surface area contributed by atoms with Crippen LogP contribution < -0.4 is 5.32 Å². The van der Waals surface area contributed by atoms with E-state index >= 15 is 0 Å². The predicted molar refractivity (Wildman–Crippen MR) is 73.8 cm³/mol. The van der Waals surface area contributed by atoms with Crippen LogP contribution in [-0.2, 0) is 0 Å². The average molecular weight is 279 g/mol. The van der Waals surface area contributed by atoms with E-state index in [1.54, 1.807) is 19.2 Å². The normalized spacial score (nSPS) is 13.9. The molecule has 0 bridgehead atoms. The molecule has 1 amide bonds. The van der Waals surface area contributed by atoms with Crippen molar-refractivity contribution in [2.24, 2.45) is 0 Å². The van der Waals surface area contributed by atoms with Gasteiger partial charge in [-0.15, -0.1) is 0 Å². The number of hydrogen-bond acceptors (Lipinski definition) is 5. The number of benzene rings is 1. The minimum Gasteiger partial charge on any atom is -0.395 e. The van der Waals surface area contributed by atoms with E-state index in [0.29, 0.717) is 11.7 Å². The molecule has 0 spiro atoms. The largest absolute Gasteiger partial charge is 0.395 e. The molecule has 0 radical (unpaired) electrons. The molecule has 1 aromatic rings. The highest BCUT2D eigenvalue weighted by Gasteiger charge is 2.26. The van der Waals surface area contributed by atoms with Gasteiger partial charge >= 0.3 is 0 Å². The Hall–Kier alpha value is -2.15. The fraction of sp³-hybridized carbons (Fsp3) is 0.462. The lowest BCUT2D eigenvalue weighted by Crippen LogP contribution is -2.29. The van der Waals surface area contributed by atoms with Crippen molar-refractivity contribution in [3.8, 4) is 0 Å². The van der Waals surface area contributed by atoms with E-state index in [0.717, 1.165) is 12.8 Å². The Morgan fingerprint density at radius 2 is 2.25 bits per heavy atom. The number of rotatable bonds is 6. The molecule has 0 atom stereocenters. The Labute approximate surface area is 116 Å². The fourth-order valence-electron chi connectivity index (χ4n) is 1.86. The van der Waals surface area contributed by atoms with Crippen LogP contribution in [0.5, 0.6) is 0 Å². The first-order chi connectivity index (χ1) is 9.52. The molecule has 7 heteroatoms. The van der Waals surface area contributed by atoms with E-state index in [-0.39, 0.29) is 30.3 Å². The average Bonchev–Trinajstić information content (AvgIpc) is 3.22. The summed E-state index contributed by atoms with van der Waals surface area (Å²) in [6, 6.07) is 4.71. The lowest BCUT2D eigenvalue weighted by molar-refractivity contribution is -0.384. The van der Waals surface area contributed by atoms with Gasteiger partial charge in [0.25, 0.3) is 11.6 Å². The second-order valence-corrected chi connectivity index (χ2v) is 4.86. The number of nitrogens with one attached hydrogen (secondary N) is 1. The molecule has 7 nitrogen and oxygen atoms in total. The minimum atomic E-state index is -0.493. The van der Waals surface area contributed by atoms with Gasteiger partial charge in [0.2, 0.25) is 0 Å². The molecule has 2 rings (SSSR count). The first-order valence-corrected chi connectivity index (χ1v) is 6.44. The zero-order chi connectivity index (χ0) is 14.7. The molecule has 1 aromatic carbocycles. The Kier molecular flexibility index (Phi) is 4.19. The lowest BCUT2D eigenvalue weighted by Gasteiger charge is -2.16. The summed E-state index contributed by atoms with van der Waals surface area (Å²) in [5.74, 6) is -0.347. The summed E-state index contributed by atoms with van der Waals surface area (Å²) in [4.78, 5) is 24.0. The maximum Gasteiger partial charge on any atom is 0.293 e. The van der Waals surface area contributed by atoms with E-state index in [9.17, 15) is 14.9 Å². The molecular weight excluding hydrogens is 262 g/mol. The molecule has 0 heterocycles. The van der Waals surface area contributed by atoms with Crippen LogP contribution in [-0.4, -0.2) is 47.1 Å². The van der Waals surface area contributed by atoms with Crippen LogP contribution in [0.15, 0.2) is 18.2 Å². The third-order valence-electron chi connectivity index (χ3n) is 3.16. The second-order valence-electron chi connectivity index (χ2n) is 4.86. The van der Waals surface area contributed by atoms with Crippen LogP contribution in [0, 0.1) is 10.1 Å². The number of carbonyl (C=O) groups is 1. The first kappa shape index (κ1) is 14.3. The first-order valence-electron chi connectivity index (χ1n) is 6.44. The third kappa shape index (κ3) is 3.24. The van der Waals surface area contributed by atoms with Crippen LogP contribution >= 0.6 is 0 Å². The smallest absolute Gasteiger partial charge is 0.293 e. The zero-order valence-electron chi connectivity index (χ0n) is 11.2. The van der Waals surface area contributed by atoms with Crippen molar-refractivity contribution in [3.05, 3.63) is 33.9 Å². The molecule has 20 heavy (non-hydrogen) atoms. The highest BCUT2D eigenvalue weighted by Crippen LogP contribution is 2.31. The maximum absolute atomic E-state index is 12.0. The minimum absolute atomic E-state index is 0.0971. The molecule has 0 aliphatic heterocycles. The number of nitro groups is 1. The Morgan fingerprint density at radius 3 is 2.80 bits per heavy atom. The molecule has 108 valence electrons. The summed E-state index contributed by atoms with van der Waals surface area (Å²) >= 11 is 0. The standard InChI is InChI=1S/C13H17N3O4/c1-15(6-7-17)13(18)9-2-5-11(14-10-3-4-10)12(8-9)16(19)20/h2,5,8,10,14,17H,3-4,6-7H2,1H3. The van der Waals surface area contributed by atoms with Crippen molar-refractivity contribution in [1.82, 2.24) is 4.90 Å². The monoisotopic (exact) mass is 279 g/mol. The molecule has 1 fully saturated rings. The van der Waals surface area contributed by atoms with Crippen LogP contribution in [0.4, 0.5) is 11.4 Å². The molecule has 1 aliphatic rings. The van der Waals surface area contributed by atoms with Crippen molar-refractivity contribution in [3.63, 3.8) is 0 Å². The summed E-state index contributed by atoms with van der Waals surface area (Å²) < 4.78 is 0. The number of amides is 1. The van der Waals surface area contributed by atoms with Crippen LogP contribution in [0.25, 0.3) is 0 Å². The Morgan fingerprint density at radius 1 is 1.55 bits per heavy atom. The summed E-state index contributed by atoms with van der Waals surface area (Å²) in [5.41, 5.74) is 0.591.